The Hall–Kier alpha value is -3.31. The monoisotopic (exact) mass is 264 g/mol. The zero-order chi connectivity index (χ0) is 14.4. The molecule has 2 aromatic carbocycles. The van der Waals surface area contributed by atoms with Crippen LogP contribution in [0.3, 0.4) is 0 Å². The Morgan fingerprint density at radius 1 is 0.750 bits per heavy atom. The maximum Gasteiger partial charge on any atom is 0.519 e. The molecule has 96 valence electrons. The van der Waals surface area contributed by atoms with E-state index in [2.05, 4.69) is 0 Å². The van der Waals surface area contributed by atoms with Gasteiger partial charge in [0.1, 0.15) is 11.5 Å². The predicted molar refractivity (Wildman–Crippen MR) is 69.0 cm³/mol. The van der Waals surface area contributed by atoms with Crippen molar-refractivity contribution >= 4 is 6.16 Å². The van der Waals surface area contributed by atoms with Gasteiger partial charge in [-0.05, 0) is 48.5 Å². The fourth-order valence-corrected chi connectivity index (χ4v) is 1.41. The first kappa shape index (κ1) is 13.1. The summed E-state index contributed by atoms with van der Waals surface area (Å²) in [7, 11) is 0. The van der Waals surface area contributed by atoms with Gasteiger partial charge in [0, 0.05) is 0 Å². The molecule has 0 aliphatic heterocycles. The van der Waals surface area contributed by atoms with E-state index in [0.29, 0.717) is 11.1 Å². The molecule has 0 spiro atoms. The van der Waals surface area contributed by atoms with E-state index in [1.54, 1.807) is 0 Å². The highest BCUT2D eigenvalue weighted by Crippen LogP contribution is 2.15. The maximum atomic E-state index is 11.5. The van der Waals surface area contributed by atoms with Gasteiger partial charge < -0.3 is 9.47 Å². The molecule has 5 nitrogen and oxygen atoms in total. The third-order valence-corrected chi connectivity index (χ3v) is 2.37. The van der Waals surface area contributed by atoms with E-state index in [-0.39, 0.29) is 11.5 Å². The summed E-state index contributed by atoms with van der Waals surface area (Å²) in [6.45, 7) is 0. The fourth-order valence-electron chi connectivity index (χ4n) is 1.41. The van der Waals surface area contributed by atoms with Crippen LogP contribution in [0.15, 0.2) is 48.5 Å². The third kappa shape index (κ3) is 3.34. The van der Waals surface area contributed by atoms with Crippen molar-refractivity contribution in [2.24, 2.45) is 0 Å². The molecule has 0 bridgehead atoms. The molecule has 2 aromatic rings. The minimum absolute atomic E-state index is 0.280. The molecule has 0 atom stereocenters. The van der Waals surface area contributed by atoms with Crippen LogP contribution in [0.5, 0.6) is 11.5 Å². The van der Waals surface area contributed by atoms with E-state index in [1.807, 2.05) is 12.1 Å². The Bertz CT molecular complexity index is 630. The maximum absolute atomic E-state index is 11.5. The summed E-state index contributed by atoms with van der Waals surface area (Å²) in [5, 5.41) is 17.3. The molecule has 0 radical (unpaired) electrons. The van der Waals surface area contributed by atoms with E-state index in [4.69, 9.17) is 20.0 Å². The average molecular weight is 264 g/mol. The first-order chi connectivity index (χ1) is 9.71. The largest absolute Gasteiger partial charge is 0.519 e. The molecule has 20 heavy (non-hydrogen) atoms. The van der Waals surface area contributed by atoms with Crippen LogP contribution in [-0.4, -0.2) is 6.16 Å². The second-order valence-electron chi connectivity index (χ2n) is 3.73. The zero-order valence-electron chi connectivity index (χ0n) is 10.2. The lowest BCUT2D eigenvalue weighted by molar-refractivity contribution is 0.152. The van der Waals surface area contributed by atoms with Gasteiger partial charge in [0.15, 0.2) is 0 Å². The fraction of sp³-hybridized carbons (Fsp3) is 0. The Kier molecular flexibility index (Phi) is 3.96. The zero-order valence-corrected chi connectivity index (χ0v) is 10.2. The van der Waals surface area contributed by atoms with E-state index in [9.17, 15) is 4.79 Å². The second kappa shape index (κ2) is 6.03. The molecule has 0 saturated carbocycles. The predicted octanol–water partition coefficient (Wildman–Crippen LogP) is 3.01. The van der Waals surface area contributed by atoms with Gasteiger partial charge in [-0.25, -0.2) is 4.79 Å². The molecule has 0 unspecified atom stereocenters. The summed E-state index contributed by atoms with van der Waals surface area (Å²) in [4.78, 5) is 11.5. The van der Waals surface area contributed by atoms with Gasteiger partial charge in [0.25, 0.3) is 0 Å². The number of carbonyl (C=O) groups is 1. The first-order valence-corrected chi connectivity index (χ1v) is 5.61. The van der Waals surface area contributed by atoms with Crippen LogP contribution in [-0.2, 0) is 0 Å². The summed E-state index contributed by atoms with van der Waals surface area (Å²) in [6.07, 6.45) is -0.889. The molecular formula is C15H8N2O3. The Morgan fingerprint density at radius 2 is 1.10 bits per heavy atom. The molecule has 2 rings (SSSR count). The Balaban J connectivity index is 1.97. The highest BCUT2D eigenvalue weighted by molar-refractivity contribution is 5.67. The van der Waals surface area contributed by atoms with Crippen LogP contribution in [0.4, 0.5) is 4.79 Å². The Morgan fingerprint density at radius 3 is 1.40 bits per heavy atom. The summed E-state index contributed by atoms with van der Waals surface area (Å²) < 4.78 is 9.88. The van der Waals surface area contributed by atoms with Gasteiger partial charge >= 0.3 is 6.16 Å². The molecule has 0 aliphatic rings. The molecule has 0 saturated heterocycles. The lowest BCUT2D eigenvalue weighted by Crippen LogP contribution is -2.13. The number of hydrogen-bond acceptors (Lipinski definition) is 5. The summed E-state index contributed by atoms with van der Waals surface area (Å²) in [5.41, 5.74) is 0.940. The van der Waals surface area contributed by atoms with Crippen LogP contribution >= 0.6 is 0 Å². The van der Waals surface area contributed by atoms with Crippen molar-refractivity contribution in [3.63, 3.8) is 0 Å². The number of rotatable bonds is 2. The second-order valence-corrected chi connectivity index (χ2v) is 3.73. The van der Waals surface area contributed by atoms with Crippen molar-refractivity contribution in [2.75, 3.05) is 0 Å². The number of benzene rings is 2. The lowest BCUT2D eigenvalue weighted by atomic mass is 10.2. The smallest absolute Gasteiger partial charge is 0.395 e. The van der Waals surface area contributed by atoms with Crippen molar-refractivity contribution in [3.05, 3.63) is 59.7 Å². The van der Waals surface area contributed by atoms with Gasteiger partial charge in [-0.15, -0.1) is 0 Å². The van der Waals surface area contributed by atoms with Crippen molar-refractivity contribution < 1.29 is 14.3 Å². The first-order valence-electron chi connectivity index (χ1n) is 5.61. The molecule has 0 aromatic heterocycles. The lowest BCUT2D eigenvalue weighted by Gasteiger charge is -2.05. The highest BCUT2D eigenvalue weighted by atomic mass is 16.7. The van der Waals surface area contributed by atoms with Crippen LogP contribution < -0.4 is 9.47 Å². The average Bonchev–Trinajstić information content (AvgIpc) is 2.49. The molecule has 0 aliphatic carbocycles. The van der Waals surface area contributed by atoms with Crippen LogP contribution in [0.25, 0.3) is 0 Å². The van der Waals surface area contributed by atoms with Gasteiger partial charge in [0.05, 0.1) is 23.3 Å². The molecule has 0 amide bonds. The number of hydrogen-bond donors (Lipinski definition) is 0. The van der Waals surface area contributed by atoms with Gasteiger partial charge in [-0.1, -0.05) is 0 Å². The van der Waals surface area contributed by atoms with Crippen molar-refractivity contribution in [3.8, 4) is 23.6 Å². The minimum atomic E-state index is -0.889. The van der Waals surface area contributed by atoms with Gasteiger partial charge in [-0.3, -0.25) is 0 Å². The SMILES string of the molecule is N#Cc1ccc(OC(=O)Oc2ccc(C#N)cc2)cc1. The van der Waals surface area contributed by atoms with Gasteiger partial charge in [0.2, 0.25) is 0 Å². The third-order valence-electron chi connectivity index (χ3n) is 2.37. The van der Waals surface area contributed by atoms with E-state index >= 15 is 0 Å². The molecular weight excluding hydrogens is 256 g/mol. The van der Waals surface area contributed by atoms with Crippen molar-refractivity contribution in [2.45, 2.75) is 0 Å². The molecule has 0 fully saturated rings. The summed E-state index contributed by atoms with van der Waals surface area (Å²) >= 11 is 0. The molecule has 0 N–H and O–H groups in total. The quantitative estimate of drug-likeness (QED) is 0.615. The summed E-state index contributed by atoms with van der Waals surface area (Å²) in [6, 6.07) is 16.0. The number of nitriles is 2. The van der Waals surface area contributed by atoms with Crippen LogP contribution in [0, 0.1) is 22.7 Å². The van der Waals surface area contributed by atoms with Crippen LogP contribution in [0.1, 0.15) is 11.1 Å². The van der Waals surface area contributed by atoms with Crippen molar-refractivity contribution in [1.29, 1.82) is 10.5 Å². The van der Waals surface area contributed by atoms with Crippen molar-refractivity contribution in [1.82, 2.24) is 0 Å². The number of carbonyl (C=O) groups excluding carboxylic acids is 1. The highest BCUT2D eigenvalue weighted by Gasteiger charge is 2.07. The minimum Gasteiger partial charge on any atom is -0.395 e. The Labute approximate surface area is 115 Å². The van der Waals surface area contributed by atoms with E-state index in [0.717, 1.165) is 0 Å². The standard InChI is InChI=1S/C15H8N2O3/c16-9-11-1-5-13(6-2-11)19-15(18)20-14-7-3-12(10-17)4-8-14/h1-8H. The van der Waals surface area contributed by atoms with Crippen LogP contribution in [0.2, 0.25) is 0 Å². The number of nitrogens with zero attached hydrogens (tertiary/aromatic N) is 2. The molecule has 5 heteroatoms. The van der Waals surface area contributed by atoms with E-state index in [1.165, 1.54) is 48.5 Å². The summed E-state index contributed by atoms with van der Waals surface area (Å²) in [5.74, 6) is 0.560. The molecule has 0 heterocycles. The van der Waals surface area contributed by atoms with E-state index < -0.39 is 6.16 Å². The topological polar surface area (TPSA) is 83.1 Å². The number of ether oxygens (including phenoxy) is 2. The van der Waals surface area contributed by atoms with Gasteiger partial charge in [-0.2, -0.15) is 10.5 Å². The normalized spacial score (nSPS) is 9.10.